The molecule has 0 aromatic carbocycles. The number of carbonyl (C=O) groups excluding carboxylic acids is 1. The second-order valence-electron chi connectivity index (χ2n) is 4.29. The molecule has 1 rings (SSSR count). The van der Waals surface area contributed by atoms with Crippen molar-refractivity contribution in [1.82, 2.24) is 15.8 Å². The topological polar surface area (TPSA) is 104 Å². The lowest BCUT2D eigenvalue weighted by Gasteiger charge is -2.07. The number of amides is 1. The molecule has 3 N–H and O–H groups in total. The summed E-state index contributed by atoms with van der Waals surface area (Å²) in [6, 6.07) is 1.32. The number of hydrogen-bond acceptors (Lipinski definition) is 5. The summed E-state index contributed by atoms with van der Waals surface area (Å²) in [5.74, 6) is -0.466. The average Bonchev–Trinajstić information content (AvgIpc) is 2.75. The lowest BCUT2D eigenvalue weighted by molar-refractivity contribution is -0.120. The Hall–Kier alpha value is -1.89. The van der Waals surface area contributed by atoms with Gasteiger partial charge in [-0.15, -0.1) is 0 Å². The number of nitrogens with zero attached hydrogens (tertiary/aromatic N) is 1. The number of carboxylic acids is 1. The molecule has 1 aromatic rings. The van der Waals surface area contributed by atoms with Gasteiger partial charge in [0.1, 0.15) is 0 Å². The third-order valence-corrected chi connectivity index (χ3v) is 2.07. The minimum Gasteiger partial charge on any atom is -0.476 e. The summed E-state index contributed by atoms with van der Waals surface area (Å²) in [5.41, 5.74) is -0.143. The van der Waals surface area contributed by atoms with Crippen LogP contribution >= 0.6 is 0 Å². The summed E-state index contributed by atoms with van der Waals surface area (Å²) in [7, 11) is 0. The lowest BCUT2D eigenvalue weighted by Crippen LogP contribution is -2.35. The summed E-state index contributed by atoms with van der Waals surface area (Å²) in [6.07, 6.45) is 0. The van der Waals surface area contributed by atoms with Crippen molar-refractivity contribution >= 4 is 11.9 Å². The fourth-order valence-electron chi connectivity index (χ4n) is 1.18. The highest BCUT2D eigenvalue weighted by Crippen LogP contribution is 2.02. The molecule has 1 heterocycles. The molecular formula is C11H17N3O4. The molecule has 18 heavy (non-hydrogen) atoms. The van der Waals surface area contributed by atoms with Gasteiger partial charge in [0.15, 0.2) is 11.5 Å². The van der Waals surface area contributed by atoms with Gasteiger partial charge >= 0.3 is 5.97 Å². The van der Waals surface area contributed by atoms with Gasteiger partial charge in [-0.05, 0) is 5.92 Å². The number of aromatic carboxylic acids is 1. The van der Waals surface area contributed by atoms with Crippen LogP contribution in [0.2, 0.25) is 0 Å². The van der Waals surface area contributed by atoms with Crippen molar-refractivity contribution < 1.29 is 19.2 Å². The SMILES string of the molecule is CC(C)CNC(=O)CNCc1cc(C(=O)O)no1. The van der Waals surface area contributed by atoms with E-state index in [1.54, 1.807) is 0 Å². The zero-order valence-corrected chi connectivity index (χ0v) is 10.4. The third kappa shape index (κ3) is 4.96. The number of carbonyl (C=O) groups is 2. The van der Waals surface area contributed by atoms with Crippen LogP contribution in [0.4, 0.5) is 0 Å². The van der Waals surface area contributed by atoms with Crippen LogP contribution in [0.15, 0.2) is 10.6 Å². The fraction of sp³-hybridized carbons (Fsp3) is 0.545. The largest absolute Gasteiger partial charge is 0.476 e. The summed E-state index contributed by atoms with van der Waals surface area (Å²) in [6.45, 7) is 5.06. The maximum atomic E-state index is 11.3. The van der Waals surface area contributed by atoms with Crippen LogP contribution < -0.4 is 10.6 Å². The van der Waals surface area contributed by atoms with E-state index < -0.39 is 5.97 Å². The van der Waals surface area contributed by atoms with Gasteiger partial charge in [0.05, 0.1) is 13.1 Å². The molecule has 0 aliphatic carbocycles. The molecule has 0 spiro atoms. The monoisotopic (exact) mass is 255 g/mol. The average molecular weight is 255 g/mol. The van der Waals surface area contributed by atoms with Gasteiger partial charge in [-0.2, -0.15) is 0 Å². The Kier molecular flexibility index (Phi) is 5.31. The number of rotatable bonds is 7. The van der Waals surface area contributed by atoms with E-state index in [2.05, 4.69) is 15.8 Å². The molecule has 7 heteroatoms. The second kappa shape index (κ2) is 6.75. The molecule has 0 atom stereocenters. The molecule has 1 aromatic heterocycles. The van der Waals surface area contributed by atoms with E-state index in [1.807, 2.05) is 13.8 Å². The zero-order chi connectivity index (χ0) is 13.5. The number of aromatic nitrogens is 1. The molecule has 100 valence electrons. The summed E-state index contributed by atoms with van der Waals surface area (Å²) in [5, 5.41) is 17.6. The molecule has 0 unspecified atom stereocenters. The molecule has 0 aliphatic rings. The molecular weight excluding hydrogens is 238 g/mol. The van der Waals surface area contributed by atoms with Crippen LogP contribution in [0.1, 0.15) is 30.1 Å². The van der Waals surface area contributed by atoms with E-state index in [0.29, 0.717) is 18.2 Å². The lowest BCUT2D eigenvalue weighted by atomic mass is 10.2. The van der Waals surface area contributed by atoms with Crippen molar-refractivity contribution in [3.63, 3.8) is 0 Å². The van der Waals surface area contributed by atoms with E-state index in [-0.39, 0.29) is 24.7 Å². The molecule has 0 saturated carbocycles. The van der Waals surface area contributed by atoms with E-state index in [9.17, 15) is 9.59 Å². The minimum atomic E-state index is -1.14. The normalized spacial score (nSPS) is 10.6. The van der Waals surface area contributed by atoms with Gasteiger partial charge in [0.2, 0.25) is 5.91 Å². The van der Waals surface area contributed by atoms with Crippen LogP contribution in [0.5, 0.6) is 0 Å². The molecule has 0 radical (unpaired) electrons. The maximum Gasteiger partial charge on any atom is 0.358 e. The van der Waals surface area contributed by atoms with Crippen molar-refractivity contribution in [2.75, 3.05) is 13.1 Å². The first-order valence-electron chi connectivity index (χ1n) is 5.65. The Balaban J connectivity index is 2.24. The highest BCUT2D eigenvalue weighted by atomic mass is 16.5. The van der Waals surface area contributed by atoms with E-state index >= 15 is 0 Å². The van der Waals surface area contributed by atoms with E-state index in [0.717, 1.165) is 0 Å². The third-order valence-electron chi connectivity index (χ3n) is 2.07. The summed E-state index contributed by atoms with van der Waals surface area (Å²) < 4.78 is 4.78. The Labute approximate surface area is 105 Å². The zero-order valence-electron chi connectivity index (χ0n) is 10.4. The molecule has 0 aliphatic heterocycles. The first-order chi connectivity index (χ1) is 8.49. The number of hydrogen-bond donors (Lipinski definition) is 3. The highest BCUT2D eigenvalue weighted by molar-refractivity contribution is 5.85. The van der Waals surface area contributed by atoms with Crippen molar-refractivity contribution in [1.29, 1.82) is 0 Å². The number of carboxylic acid groups (broad SMARTS) is 1. The van der Waals surface area contributed by atoms with E-state index in [1.165, 1.54) is 6.07 Å². The second-order valence-corrected chi connectivity index (χ2v) is 4.29. The Morgan fingerprint density at radius 3 is 2.78 bits per heavy atom. The van der Waals surface area contributed by atoms with Gasteiger partial charge in [0, 0.05) is 12.6 Å². The smallest absolute Gasteiger partial charge is 0.358 e. The Morgan fingerprint density at radius 1 is 1.50 bits per heavy atom. The van der Waals surface area contributed by atoms with Gasteiger partial charge in [0.25, 0.3) is 0 Å². The Morgan fingerprint density at radius 2 is 2.22 bits per heavy atom. The molecule has 0 saturated heterocycles. The van der Waals surface area contributed by atoms with Crippen LogP contribution in [0, 0.1) is 5.92 Å². The number of nitrogens with one attached hydrogen (secondary N) is 2. The minimum absolute atomic E-state index is 0.110. The first kappa shape index (κ1) is 14.2. The van der Waals surface area contributed by atoms with Crippen molar-refractivity contribution in [2.24, 2.45) is 5.92 Å². The van der Waals surface area contributed by atoms with Gasteiger partial charge in [-0.3, -0.25) is 4.79 Å². The van der Waals surface area contributed by atoms with Gasteiger partial charge in [-0.25, -0.2) is 4.79 Å². The van der Waals surface area contributed by atoms with Crippen molar-refractivity contribution in [3.05, 3.63) is 17.5 Å². The summed E-state index contributed by atoms with van der Waals surface area (Å²) in [4.78, 5) is 21.9. The molecule has 1 amide bonds. The summed E-state index contributed by atoms with van der Waals surface area (Å²) >= 11 is 0. The van der Waals surface area contributed by atoms with Gasteiger partial charge < -0.3 is 20.3 Å². The maximum absolute atomic E-state index is 11.3. The van der Waals surface area contributed by atoms with Crippen LogP contribution in [0.25, 0.3) is 0 Å². The fourth-order valence-corrected chi connectivity index (χ4v) is 1.18. The quantitative estimate of drug-likeness (QED) is 0.644. The first-order valence-corrected chi connectivity index (χ1v) is 5.65. The molecule has 0 fully saturated rings. The standard InChI is InChI=1S/C11H17N3O4/c1-7(2)4-13-10(15)6-12-5-8-3-9(11(16)17)14-18-8/h3,7,12H,4-6H2,1-2H3,(H,13,15)(H,16,17). The van der Waals surface area contributed by atoms with E-state index in [4.69, 9.17) is 9.63 Å². The highest BCUT2D eigenvalue weighted by Gasteiger charge is 2.10. The van der Waals surface area contributed by atoms with Crippen LogP contribution in [-0.4, -0.2) is 35.2 Å². The molecule has 0 bridgehead atoms. The van der Waals surface area contributed by atoms with Crippen LogP contribution in [0.3, 0.4) is 0 Å². The predicted molar refractivity (Wildman–Crippen MR) is 63.0 cm³/mol. The predicted octanol–water partition coefficient (Wildman–Crippen LogP) is 0.235. The van der Waals surface area contributed by atoms with Gasteiger partial charge in [-0.1, -0.05) is 19.0 Å². The van der Waals surface area contributed by atoms with Crippen LogP contribution in [-0.2, 0) is 11.3 Å². The van der Waals surface area contributed by atoms with Crippen molar-refractivity contribution in [3.8, 4) is 0 Å². The molecule has 7 nitrogen and oxygen atoms in total. The van der Waals surface area contributed by atoms with Crippen molar-refractivity contribution in [2.45, 2.75) is 20.4 Å². The Bertz CT molecular complexity index is 414.